The Bertz CT molecular complexity index is 796. The molecule has 0 bridgehead atoms. The number of benzene rings is 1. The summed E-state index contributed by atoms with van der Waals surface area (Å²) < 4.78 is 5.54. The van der Waals surface area contributed by atoms with Crippen LogP contribution >= 0.6 is 0 Å². The number of amides is 1. The van der Waals surface area contributed by atoms with Gasteiger partial charge in [-0.05, 0) is 38.0 Å². The maximum atomic E-state index is 12.4. The summed E-state index contributed by atoms with van der Waals surface area (Å²) in [6, 6.07) is 13.3. The molecule has 0 N–H and O–H groups in total. The molecule has 1 aromatic carbocycles. The van der Waals surface area contributed by atoms with Crippen molar-refractivity contribution < 1.29 is 9.53 Å². The second-order valence-corrected chi connectivity index (χ2v) is 5.72. The highest BCUT2D eigenvalue weighted by atomic mass is 16.6. The molecule has 1 aliphatic heterocycles. The summed E-state index contributed by atoms with van der Waals surface area (Å²) in [7, 11) is 0. The lowest BCUT2D eigenvalue weighted by Crippen LogP contribution is -2.33. The third kappa shape index (κ3) is 2.53. The van der Waals surface area contributed by atoms with Crippen molar-refractivity contribution in [2.24, 2.45) is 0 Å². The number of rotatable bonds is 2. The van der Waals surface area contributed by atoms with E-state index in [9.17, 15) is 10.1 Å². The average Bonchev–Trinajstić information content (AvgIpc) is 2.82. The second-order valence-electron chi connectivity index (χ2n) is 5.72. The van der Waals surface area contributed by atoms with E-state index in [1.165, 1.54) is 4.90 Å². The van der Waals surface area contributed by atoms with Crippen LogP contribution in [-0.4, -0.2) is 17.1 Å². The molecule has 1 aromatic heterocycles. The van der Waals surface area contributed by atoms with E-state index < -0.39 is 6.09 Å². The normalized spacial score (nSPS) is 20.3. The van der Waals surface area contributed by atoms with Gasteiger partial charge in [0.25, 0.3) is 0 Å². The maximum absolute atomic E-state index is 12.4. The van der Waals surface area contributed by atoms with Crippen molar-refractivity contribution in [3.05, 3.63) is 58.8 Å². The zero-order valence-corrected chi connectivity index (χ0v) is 13.3. The fourth-order valence-corrected chi connectivity index (χ4v) is 2.96. The minimum absolute atomic E-state index is 0.245. The number of carbonyl (C=O) groups excluding carboxylic acids is 1. The van der Waals surface area contributed by atoms with E-state index in [2.05, 4.69) is 11.1 Å². The van der Waals surface area contributed by atoms with Crippen LogP contribution in [0.2, 0.25) is 0 Å². The highest BCUT2D eigenvalue weighted by Gasteiger charge is 2.42. The van der Waals surface area contributed by atoms with Gasteiger partial charge in [0.15, 0.2) is 5.82 Å². The molecule has 0 saturated carbocycles. The number of hydrogen-bond donors (Lipinski definition) is 0. The zero-order chi connectivity index (χ0) is 16.6. The second kappa shape index (κ2) is 5.73. The van der Waals surface area contributed by atoms with Crippen molar-refractivity contribution in [2.45, 2.75) is 32.9 Å². The van der Waals surface area contributed by atoms with Crippen LogP contribution in [0.3, 0.4) is 0 Å². The fourth-order valence-electron chi connectivity index (χ4n) is 2.96. The SMILES string of the molecule is Cc1cc(C)c(C#N)c(N2C(=O)O[C@@H](c3ccccc3)[C@H]2C)n1. The van der Waals surface area contributed by atoms with Crippen molar-refractivity contribution in [3.63, 3.8) is 0 Å². The molecule has 0 radical (unpaired) electrons. The lowest BCUT2D eigenvalue weighted by molar-refractivity contribution is 0.134. The average molecular weight is 307 g/mol. The molecule has 3 rings (SSSR count). The first-order chi connectivity index (χ1) is 11.0. The van der Waals surface area contributed by atoms with Gasteiger partial charge in [0.2, 0.25) is 0 Å². The Morgan fingerprint density at radius 1 is 1.26 bits per heavy atom. The third-order valence-electron chi connectivity index (χ3n) is 4.06. The van der Waals surface area contributed by atoms with Crippen LogP contribution < -0.4 is 4.90 Å². The van der Waals surface area contributed by atoms with Gasteiger partial charge in [0.1, 0.15) is 12.2 Å². The van der Waals surface area contributed by atoms with E-state index in [0.717, 1.165) is 16.8 Å². The molecule has 2 atom stereocenters. The van der Waals surface area contributed by atoms with Gasteiger partial charge in [-0.15, -0.1) is 0 Å². The van der Waals surface area contributed by atoms with Crippen LogP contribution in [-0.2, 0) is 4.74 Å². The molecule has 116 valence electrons. The summed E-state index contributed by atoms with van der Waals surface area (Å²) in [5.41, 5.74) is 2.91. The molecular formula is C18H17N3O2. The van der Waals surface area contributed by atoms with Crippen molar-refractivity contribution in [1.82, 2.24) is 4.98 Å². The third-order valence-corrected chi connectivity index (χ3v) is 4.06. The van der Waals surface area contributed by atoms with Crippen LogP contribution in [0.1, 0.15) is 35.4 Å². The van der Waals surface area contributed by atoms with Crippen molar-refractivity contribution in [2.75, 3.05) is 4.90 Å². The monoisotopic (exact) mass is 307 g/mol. The first-order valence-corrected chi connectivity index (χ1v) is 7.46. The number of aromatic nitrogens is 1. The van der Waals surface area contributed by atoms with Gasteiger partial charge in [-0.3, -0.25) is 4.90 Å². The number of cyclic esters (lactones) is 1. The number of hydrogen-bond acceptors (Lipinski definition) is 4. The van der Waals surface area contributed by atoms with Gasteiger partial charge in [-0.1, -0.05) is 30.3 Å². The topological polar surface area (TPSA) is 66.2 Å². The first-order valence-electron chi connectivity index (χ1n) is 7.46. The predicted molar refractivity (Wildman–Crippen MR) is 86.0 cm³/mol. The molecule has 1 saturated heterocycles. The van der Waals surface area contributed by atoms with E-state index in [-0.39, 0.29) is 12.1 Å². The molecule has 1 amide bonds. The molecule has 2 aromatic rings. The van der Waals surface area contributed by atoms with E-state index in [1.807, 2.05) is 57.2 Å². The van der Waals surface area contributed by atoms with Gasteiger partial charge in [-0.2, -0.15) is 5.26 Å². The van der Waals surface area contributed by atoms with E-state index in [4.69, 9.17) is 4.74 Å². The number of nitrogens with zero attached hydrogens (tertiary/aromatic N) is 3. The Morgan fingerprint density at radius 2 is 1.96 bits per heavy atom. The minimum Gasteiger partial charge on any atom is -0.439 e. The standard InChI is InChI=1S/C18H17N3O2/c1-11-9-12(2)20-17(15(11)10-19)21-13(3)16(23-18(21)22)14-7-5-4-6-8-14/h4-9,13,16H,1-3H3/t13-,16-/m1/s1. The molecule has 0 aliphatic carbocycles. The number of ether oxygens (including phenoxy) is 1. The molecule has 1 aliphatic rings. The van der Waals surface area contributed by atoms with E-state index >= 15 is 0 Å². The van der Waals surface area contributed by atoms with Crippen molar-refractivity contribution in [1.29, 1.82) is 5.26 Å². The Labute approximate surface area is 135 Å². The lowest BCUT2D eigenvalue weighted by Gasteiger charge is -2.22. The molecule has 2 heterocycles. The highest BCUT2D eigenvalue weighted by molar-refractivity contribution is 5.91. The van der Waals surface area contributed by atoms with Gasteiger partial charge < -0.3 is 4.74 Å². The smallest absolute Gasteiger partial charge is 0.416 e. The van der Waals surface area contributed by atoms with Gasteiger partial charge in [0, 0.05) is 5.69 Å². The lowest BCUT2D eigenvalue weighted by atomic mass is 10.0. The summed E-state index contributed by atoms with van der Waals surface area (Å²) in [5, 5.41) is 9.44. The quantitative estimate of drug-likeness (QED) is 0.849. The number of nitriles is 1. The Balaban J connectivity index is 2.05. The van der Waals surface area contributed by atoms with Gasteiger partial charge in [0.05, 0.1) is 11.6 Å². The van der Waals surface area contributed by atoms with Gasteiger partial charge in [-0.25, -0.2) is 9.78 Å². The van der Waals surface area contributed by atoms with Crippen molar-refractivity contribution >= 4 is 11.9 Å². The molecule has 1 fully saturated rings. The maximum Gasteiger partial charge on any atom is 0.416 e. The van der Waals surface area contributed by atoms with Crippen LogP contribution in [0.15, 0.2) is 36.4 Å². The minimum atomic E-state index is -0.472. The Hall–Kier alpha value is -2.87. The number of pyridine rings is 1. The van der Waals surface area contributed by atoms with Crippen molar-refractivity contribution in [3.8, 4) is 6.07 Å². The predicted octanol–water partition coefficient (Wildman–Crippen LogP) is 3.66. The summed E-state index contributed by atoms with van der Waals surface area (Å²) in [4.78, 5) is 18.3. The molecule has 0 spiro atoms. The molecule has 23 heavy (non-hydrogen) atoms. The largest absolute Gasteiger partial charge is 0.439 e. The number of anilines is 1. The van der Waals surface area contributed by atoms with Crippen LogP contribution in [0.25, 0.3) is 0 Å². The van der Waals surface area contributed by atoms with Crippen LogP contribution in [0.4, 0.5) is 10.6 Å². The summed E-state index contributed by atoms with van der Waals surface area (Å²) in [6.07, 6.45) is -0.849. The number of carbonyl (C=O) groups is 1. The summed E-state index contributed by atoms with van der Waals surface area (Å²) >= 11 is 0. The number of aryl methyl sites for hydroxylation is 2. The molecular weight excluding hydrogens is 290 g/mol. The zero-order valence-electron chi connectivity index (χ0n) is 13.3. The molecule has 0 unspecified atom stereocenters. The Morgan fingerprint density at radius 3 is 2.61 bits per heavy atom. The van der Waals surface area contributed by atoms with Crippen LogP contribution in [0, 0.1) is 25.2 Å². The van der Waals surface area contributed by atoms with E-state index in [0.29, 0.717) is 11.4 Å². The van der Waals surface area contributed by atoms with E-state index in [1.54, 1.807) is 0 Å². The summed E-state index contributed by atoms with van der Waals surface area (Å²) in [5.74, 6) is 0.376. The Kier molecular flexibility index (Phi) is 3.75. The molecule has 5 heteroatoms. The molecule has 5 nitrogen and oxygen atoms in total. The summed E-state index contributed by atoms with van der Waals surface area (Å²) in [6.45, 7) is 5.60. The fraction of sp³-hybridized carbons (Fsp3) is 0.278. The van der Waals surface area contributed by atoms with Gasteiger partial charge >= 0.3 is 6.09 Å². The first kappa shape index (κ1) is 15.0. The highest BCUT2D eigenvalue weighted by Crippen LogP contribution is 2.36. The van der Waals surface area contributed by atoms with Crippen LogP contribution in [0.5, 0.6) is 0 Å².